The molecule has 3 rings (SSSR count). The Labute approximate surface area is 181 Å². The van der Waals surface area contributed by atoms with Crippen molar-refractivity contribution in [3.05, 3.63) is 65.2 Å². The largest absolute Gasteiger partial charge is 0.416 e. The van der Waals surface area contributed by atoms with Gasteiger partial charge in [-0.15, -0.1) is 0 Å². The summed E-state index contributed by atoms with van der Waals surface area (Å²) < 4.78 is 79.2. The zero-order chi connectivity index (χ0) is 23.7. The van der Waals surface area contributed by atoms with Crippen molar-refractivity contribution in [1.29, 1.82) is 0 Å². The fraction of sp³-hybridized carbons (Fsp3) is 0.409. The summed E-state index contributed by atoms with van der Waals surface area (Å²) in [7, 11) is 2.69. The number of nitrogens with zero attached hydrogens (tertiary/aromatic N) is 2. The summed E-state index contributed by atoms with van der Waals surface area (Å²) in [5.41, 5.74) is -2.41. The van der Waals surface area contributed by atoms with Gasteiger partial charge in [-0.3, -0.25) is 4.90 Å². The van der Waals surface area contributed by atoms with E-state index in [1.807, 2.05) is 30.3 Å². The molecule has 0 radical (unpaired) electrons. The van der Waals surface area contributed by atoms with Crippen molar-refractivity contribution < 1.29 is 31.1 Å². The number of carbonyl (C=O) groups excluding carboxylic acids is 1. The van der Waals surface area contributed by atoms with Gasteiger partial charge in [-0.1, -0.05) is 30.3 Å². The quantitative estimate of drug-likeness (QED) is 0.628. The number of amides is 2. The monoisotopic (exact) mass is 459 g/mol. The van der Waals surface area contributed by atoms with Gasteiger partial charge >= 0.3 is 18.4 Å². The lowest BCUT2D eigenvalue weighted by atomic mass is 9.86. The molecule has 1 aliphatic heterocycles. The average molecular weight is 459 g/mol. The van der Waals surface area contributed by atoms with Crippen LogP contribution in [0.1, 0.15) is 29.0 Å². The van der Waals surface area contributed by atoms with Crippen molar-refractivity contribution in [3.63, 3.8) is 0 Å². The van der Waals surface area contributed by atoms with Gasteiger partial charge in [-0.05, 0) is 36.7 Å². The Morgan fingerprint density at radius 3 is 2.03 bits per heavy atom. The van der Waals surface area contributed by atoms with Crippen LogP contribution in [0, 0.1) is 0 Å². The number of benzene rings is 2. The minimum absolute atomic E-state index is 0.0454. The van der Waals surface area contributed by atoms with E-state index in [0.29, 0.717) is 31.6 Å². The van der Waals surface area contributed by atoms with Gasteiger partial charge in [0.15, 0.2) is 0 Å². The first-order valence-electron chi connectivity index (χ1n) is 9.95. The summed E-state index contributed by atoms with van der Waals surface area (Å²) in [4.78, 5) is 15.3. The molecule has 0 aliphatic carbocycles. The first kappa shape index (κ1) is 23.9. The summed E-state index contributed by atoms with van der Waals surface area (Å²) in [6.07, 6.45) is -9.38. The lowest BCUT2D eigenvalue weighted by Crippen LogP contribution is -2.52. The normalized spacial score (nSPS) is 19.5. The van der Waals surface area contributed by atoms with E-state index < -0.39 is 35.2 Å². The Kier molecular flexibility index (Phi) is 6.73. The first-order chi connectivity index (χ1) is 14.9. The van der Waals surface area contributed by atoms with Crippen LogP contribution in [0.5, 0.6) is 0 Å². The van der Waals surface area contributed by atoms with Crippen LogP contribution in [0.4, 0.5) is 36.8 Å². The number of hydrogen-bond acceptors (Lipinski definition) is 2. The Morgan fingerprint density at radius 2 is 1.50 bits per heavy atom. The zero-order valence-electron chi connectivity index (χ0n) is 17.5. The molecule has 0 bridgehead atoms. The Balaban J connectivity index is 1.91. The summed E-state index contributed by atoms with van der Waals surface area (Å²) in [6, 6.07) is 9.65. The van der Waals surface area contributed by atoms with Crippen LogP contribution in [0.2, 0.25) is 0 Å². The van der Waals surface area contributed by atoms with Crippen LogP contribution >= 0.6 is 0 Å². The lowest BCUT2D eigenvalue weighted by Gasteiger charge is -2.40. The maximum Gasteiger partial charge on any atom is 0.416 e. The molecule has 0 aromatic heterocycles. The second kappa shape index (κ2) is 9.01. The molecule has 2 atom stereocenters. The molecule has 1 aliphatic rings. The van der Waals surface area contributed by atoms with Gasteiger partial charge in [0.25, 0.3) is 0 Å². The van der Waals surface area contributed by atoms with Gasteiger partial charge in [-0.2, -0.15) is 26.3 Å². The molecule has 0 unspecified atom stereocenters. The third kappa shape index (κ3) is 5.17. The molecule has 0 spiro atoms. The molecule has 174 valence electrons. The van der Waals surface area contributed by atoms with Gasteiger partial charge < -0.3 is 10.2 Å². The third-order valence-electron chi connectivity index (χ3n) is 5.72. The molecular formula is C22H23F6N3O. The number of nitrogens with one attached hydrogen (secondary N) is 1. The highest BCUT2D eigenvalue weighted by Crippen LogP contribution is 2.38. The van der Waals surface area contributed by atoms with Crippen LogP contribution in [0.25, 0.3) is 0 Å². The number of likely N-dealkylation sites (N-methyl/N-ethyl adjacent to an activating group) is 1. The van der Waals surface area contributed by atoms with Crippen molar-refractivity contribution in [2.24, 2.45) is 0 Å². The van der Waals surface area contributed by atoms with Crippen LogP contribution in [-0.2, 0) is 12.4 Å². The summed E-state index contributed by atoms with van der Waals surface area (Å²) in [5, 5.41) is 3.26. The van der Waals surface area contributed by atoms with E-state index in [9.17, 15) is 31.1 Å². The van der Waals surface area contributed by atoms with Crippen LogP contribution in [0.15, 0.2) is 48.5 Å². The standard InChI is InChI=1S/C22H23F6N3O/c1-30(17-11-15(21(23,24)25)10-16(12-17)22(26,27)28)20(32)31(2)19-8-9-29-13-18(19)14-6-4-3-5-7-14/h3-7,10-12,18-19,29H,8-9,13H2,1-2H3/t18-,19+/m0/s1. The van der Waals surface area contributed by atoms with E-state index in [4.69, 9.17) is 0 Å². The molecule has 32 heavy (non-hydrogen) atoms. The predicted molar refractivity (Wildman–Crippen MR) is 108 cm³/mol. The molecule has 1 N–H and O–H groups in total. The summed E-state index contributed by atoms with van der Waals surface area (Å²) in [5.74, 6) is -0.0699. The second-order valence-corrected chi connectivity index (χ2v) is 7.79. The highest BCUT2D eigenvalue weighted by molar-refractivity contribution is 5.91. The Hall–Kier alpha value is -2.75. The van der Waals surface area contributed by atoms with Gasteiger partial charge in [-0.25, -0.2) is 4.79 Å². The van der Waals surface area contributed by atoms with Gasteiger partial charge in [0.2, 0.25) is 0 Å². The highest BCUT2D eigenvalue weighted by atomic mass is 19.4. The smallest absolute Gasteiger partial charge is 0.324 e. The van der Waals surface area contributed by atoms with Gasteiger partial charge in [0.1, 0.15) is 0 Å². The van der Waals surface area contributed by atoms with Gasteiger partial charge in [0, 0.05) is 38.3 Å². The number of anilines is 1. The number of halogens is 6. The highest BCUT2D eigenvalue weighted by Gasteiger charge is 2.38. The number of piperidine rings is 1. The van der Waals surface area contributed by atoms with E-state index in [0.717, 1.165) is 10.5 Å². The number of urea groups is 1. The third-order valence-corrected chi connectivity index (χ3v) is 5.72. The van der Waals surface area contributed by atoms with Crippen LogP contribution in [0.3, 0.4) is 0 Å². The minimum Gasteiger partial charge on any atom is -0.324 e. The molecule has 1 fully saturated rings. The molecule has 2 aromatic rings. The van der Waals surface area contributed by atoms with E-state index in [1.165, 1.54) is 19.0 Å². The predicted octanol–water partition coefficient (Wildman–Crippen LogP) is 5.36. The van der Waals surface area contributed by atoms with E-state index in [-0.39, 0.29) is 18.0 Å². The second-order valence-electron chi connectivity index (χ2n) is 7.79. The number of hydrogen-bond donors (Lipinski definition) is 1. The maximum absolute atomic E-state index is 13.2. The van der Waals surface area contributed by atoms with Crippen molar-refractivity contribution >= 4 is 11.7 Å². The molecule has 2 aromatic carbocycles. The average Bonchev–Trinajstić information content (AvgIpc) is 2.76. The molecule has 2 amide bonds. The van der Waals surface area contributed by atoms with E-state index in [2.05, 4.69) is 5.32 Å². The summed E-state index contributed by atoms with van der Waals surface area (Å²) >= 11 is 0. The molecule has 10 heteroatoms. The number of rotatable bonds is 3. The molecular weight excluding hydrogens is 436 g/mol. The minimum atomic E-state index is -4.99. The Bertz CT molecular complexity index is 913. The molecule has 1 heterocycles. The maximum atomic E-state index is 13.2. The summed E-state index contributed by atoms with van der Waals surface area (Å²) in [6.45, 7) is 1.23. The van der Waals surface area contributed by atoms with Crippen LogP contribution in [-0.4, -0.2) is 44.2 Å². The zero-order valence-corrected chi connectivity index (χ0v) is 17.5. The lowest BCUT2D eigenvalue weighted by molar-refractivity contribution is -0.143. The molecule has 0 saturated carbocycles. The van der Waals surface area contributed by atoms with Crippen molar-refractivity contribution in [1.82, 2.24) is 10.2 Å². The van der Waals surface area contributed by atoms with Crippen molar-refractivity contribution in [2.45, 2.75) is 30.7 Å². The van der Waals surface area contributed by atoms with Crippen LogP contribution < -0.4 is 10.2 Å². The van der Waals surface area contributed by atoms with Gasteiger partial charge in [0.05, 0.1) is 11.1 Å². The first-order valence-corrected chi connectivity index (χ1v) is 9.95. The number of carbonyl (C=O) groups is 1. The fourth-order valence-corrected chi connectivity index (χ4v) is 3.97. The van der Waals surface area contributed by atoms with E-state index >= 15 is 0 Å². The van der Waals surface area contributed by atoms with E-state index in [1.54, 1.807) is 0 Å². The van der Waals surface area contributed by atoms with Crippen molar-refractivity contribution in [3.8, 4) is 0 Å². The molecule has 1 saturated heterocycles. The molecule has 4 nitrogen and oxygen atoms in total. The number of alkyl halides is 6. The topological polar surface area (TPSA) is 35.6 Å². The van der Waals surface area contributed by atoms with Crippen molar-refractivity contribution in [2.75, 3.05) is 32.1 Å². The Morgan fingerprint density at radius 1 is 0.938 bits per heavy atom. The SMILES string of the molecule is CN(C(=O)N(C)[C@@H]1CCNC[C@H]1c1ccccc1)c1cc(C(F)(F)F)cc(C(F)(F)F)c1. The fourth-order valence-electron chi connectivity index (χ4n) is 3.97.